The van der Waals surface area contributed by atoms with Crippen molar-refractivity contribution in [2.45, 2.75) is 19.9 Å². The number of hydrogen-bond donors (Lipinski definition) is 3. The molecule has 0 radical (unpaired) electrons. The molecule has 4 nitrogen and oxygen atoms in total. The fourth-order valence-corrected chi connectivity index (χ4v) is 2.63. The Morgan fingerprint density at radius 3 is 2.86 bits per heavy atom. The predicted molar refractivity (Wildman–Crippen MR) is 88.9 cm³/mol. The molecule has 112 valence electrons. The molecule has 0 saturated carbocycles. The SMILES string of the molecule is CCNC(=NCc1cccc(O)c1)NCCc1cccs1. The summed E-state index contributed by atoms with van der Waals surface area (Å²) in [5, 5.41) is 18.1. The zero-order chi connectivity index (χ0) is 14.9. The second-order valence-electron chi connectivity index (χ2n) is 4.62. The zero-order valence-electron chi connectivity index (χ0n) is 12.2. The van der Waals surface area contributed by atoms with Crippen molar-refractivity contribution in [3.05, 3.63) is 52.2 Å². The van der Waals surface area contributed by atoms with Gasteiger partial charge in [-0.2, -0.15) is 0 Å². The molecule has 0 atom stereocenters. The lowest BCUT2D eigenvalue weighted by Gasteiger charge is -2.10. The molecule has 3 N–H and O–H groups in total. The number of rotatable bonds is 6. The van der Waals surface area contributed by atoms with E-state index in [-0.39, 0.29) is 5.75 Å². The molecule has 1 aromatic carbocycles. The minimum Gasteiger partial charge on any atom is -0.508 e. The minimum atomic E-state index is 0.276. The summed E-state index contributed by atoms with van der Waals surface area (Å²) >= 11 is 1.77. The van der Waals surface area contributed by atoms with Gasteiger partial charge in [-0.15, -0.1) is 11.3 Å². The Morgan fingerprint density at radius 2 is 2.14 bits per heavy atom. The van der Waals surface area contributed by atoms with Crippen molar-refractivity contribution in [1.29, 1.82) is 0 Å². The van der Waals surface area contributed by atoms with Crippen LogP contribution in [0.4, 0.5) is 0 Å². The van der Waals surface area contributed by atoms with Gasteiger partial charge in [0.15, 0.2) is 5.96 Å². The van der Waals surface area contributed by atoms with Crippen molar-refractivity contribution in [2.24, 2.45) is 4.99 Å². The normalized spacial score (nSPS) is 11.4. The first kappa shape index (κ1) is 15.4. The number of phenols is 1. The smallest absolute Gasteiger partial charge is 0.191 e. The molecule has 0 saturated heterocycles. The van der Waals surface area contributed by atoms with Crippen LogP contribution in [0.5, 0.6) is 5.75 Å². The van der Waals surface area contributed by atoms with Crippen LogP contribution in [-0.4, -0.2) is 24.2 Å². The maximum Gasteiger partial charge on any atom is 0.191 e. The van der Waals surface area contributed by atoms with Crippen LogP contribution in [0.15, 0.2) is 46.8 Å². The fourth-order valence-electron chi connectivity index (χ4n) is 1.93. The second-order valence-corrected chi connectivity index (χ2v) is 5.65. The lowest BCUT2D eigenvalue weighted by atomic mass is 10.2. The molecule has 0 spiro atoms. The van der Waals surface area contributed by atoms with Crippen LogP contribution in [-0.2, 0) is 13.0 Å². The number of benzene rings is 1. The molecule has 0 aliphatic heterocycles. The first-order valence-corrected chi connectivity index (χ1v) is 7.98. The Balaban J connectivity index is 1.86. The van der Waals surface area contributed by atoms with E-state index in [9.17, 15) is 5.11 Å². The monoisotopic (exact) mass is 303 g/mol. The summed E-state index contributed by atoms with van der Waals surface area (Å²) < 4.78 is 0. The van der Waals surface area contributed by atoms with Gasteiger partial charge in [-0.05, 0) is 42.5 Å². The quantitative estimate of drug-likeness (QED) is 0.568. The number of aromatic hydroxyl groups is 1. The Morgan fingerprint density at radius 1 is 1.24 bits per heavy atom. The van der Waals surface area contributed by atoms with Crippen LogP contribution < -0.4 is 10.6 Å². The molecule has 0 bridgehead atoms. The van der Waals surface area contributed by atoms with E-state index in [1.54, 1.807) is 23.5 Å². The molecule has 0 amide bonds. The molecule has 1 heterocycles. The van der Waals surface area contributed by atoms with Gasteiger partial charge in [-0.1, -0.05) is 18.2 Å². The maximum atomic E-state index is 9.45. The topological polar surface area (TPSA) is 56.7 Å². The highest BCUT2D eigenvalue weighted by atomic mass is 32.1. The zero-order valence-corrected chi connectivity index (χ0v) is 13.0. The number of hydrogen-bond acceptors (Lipinski definition) is 3. The number of nitrogens with zero attached hydrogens (tertiary/aromatic N) is 1. The summed E-state index contributed by atoms with van der Waals surface area (Å²) in [6.45, 7) is 4.27. The van der Waals surface area contributed by atoms with Gasteiger partial charge in [-0.3, -0.25) is 0 Å². The van der Waals surface area contributed by atoms with Crippen molar-refractivity contribution in [3.63, 3.8) is 0 Å². The summed E-state index contributed by atoms with van der Waals surface area (Å²) in [4.78, 5) is 5.90. The number of phenolic OH excluding ortho intramolecular Hbond substituents is 1. The number of nitrogens with one attached hydrogen (secondary N) is 2. The van der Waals surface area contributed by atoms with Crippen molar-refractivity contribution < 1.29 is 5.11 Å². The van der Waals surface area contributed by atoms with Crippen LogP contribution in [0, 0.1) is 0 Å². The van der Waals surface area contributed by atoms with E-state index in [0.29, 0.717) is 6.54 Å². The van der Waals surface area contributed by atoms with E-state index < -0.39 is 0 Å². The third kappa shape index (κ3) is 5.47. The highest BCUT2D eigenvalue weighted by Crippen LogP contribution is 2.11. The largest absolute Gasteiger partial charge is 0.508 e. The van der Waals surface area contributed by atoms with Crippen molar-refractivity contribution in [2.75, 3.05) is 13.1 Å². The van der Waals surface area contributed by atoms with Gasteiger partial charge in [-0.25, -0.2) is 4.99 Å². The lowest BCUT2D eigenvalue weighted by Crippen LogP contribution is -2.38. The van der Waals surface area contributed by atoms with Crippen molar-refractivity contribution in [1.82, 2.24) is 10.6 Å². The first-order chi connectivity index (χ1) is 10.3. The Bertz CT molecular complexity index is 567. The molecule has 1 aromatic heterocycles. The van der Waals surface area contributed by atoms with Gasteiger partial charge in [0.05, 0.1) is 6.54 Å². The third-order valence-electron chi connectivity index (χ3n) is 2.92. The Hall–Kier alpha value is -2.01. The molecule has 0 unspecified atom stereocenters. The Kier molecular flexibility index (Phi) is 6.09. The van der Waals surface area contributed by atoms with Gasteiger partial charge in [0.25, 0.3) is 0 Å². The third-order valence-corrected chi connectivity index (χ3v) is 3.85. The average Bonchev–Trinajstić information content (AvgIpc) is 2.98. The van der Waals surface area contributed by atoms with E-state index in [1.807, 2.05) is 19.1 Å². The Labute approximate surface area is 129 Å². The molecule has 2 rings (SSSR count). The summed E-state index contributed by atoms with van der Waals surface area (Å²) in [5.74, 6) is 1.08. The standard InChI is InChI=1S/C16H21N3OS/c1-2-17-16(18-9-8-15-7-4-10-21-15)19-12-13-5-3-6-14(20)11-13/h3-7,10-11,20H,2,8-9,12H2,1H3,(H2,17,18,19). The summed E-state index contributed by atoms with van der Waals surface area (Å²) in [5.41, 5.74) is 0.991. The van der Waals surface area contributed by atoms with E-state index in [4.69, 9.17) is 0 Å². The van der Waals surface area contributed by atoms with E-state index in [0.717, 1.165) is 31.0 Å². The molecule has 0 fully saturated rings. The second kappa shape index (κ2) is 8.32. The molecule has 0 aliphatic rings. The first-order valence-electron chi connectivity index (χ1n) is 7.10. The lowest BCUT2D eigenvalue weighted by molar-refractivity contribution is 0.474. The van der Waals surface area contributed by atoms with Gasteiger partial charge < -0.3 is 15.7 Å². The minimum absolute atomic E-state index is 0.276. The fraction of sp³-hybridized carbons (Fsp3) is 0.312. The highest BCUT2D eigenvalue weighted by Gasteiger charge is 1.99. The van der Waals surface area contributed by atoms with E-state index >= 15 is 0 Å². The van der Waals surface area contributed by atoms with E-state index in [2.05, 4.69) is 33.1 Å². The summed E-state index contributed by atoms with van der Waals surface area (Å²) in [6, 6.07) is 11.4. The molecular weight excluding hydrogens is 282 g/mol. The van der Waals surface area contributed by atoms with Gasteiger partial charge in [0.2, 0.25) is 0 Å². The van der Waals surface area contributed by atoms with Gasteiger partial charge in [0.1, 0.15) is 5.75 Å². The van der Waals surface area contributed by atoms with Crippen molar-refractivity contribution in [3.8, 4) is 5.75 Å². The molecule has 21 heavy (non-hydrogen) atoms. The van der Waals surface area contributed by atoms with Gasteiger partial charge in [0, 0.05) is 18.0 Å². The molecule has 2 aromatic rings. The van der Waals surface area contributed by atoms with Crippen LogP contribution in [0.2, 0.25) is 0 Å². The van der Waals surface area contributed by atoms with Crippen LogP contribution in [0.1, 0.15) is 17.4 Å². The molecular formula is C16H21N3OS. The molecule has 5 heteroatoms. The molecule has 0 aliphatic carbocycles. The van der Waals surface area contributed by atoms with Crippen molar-refractivity contribution >= 4 is 17.3 Å². The summed E-state index contributed by atoms with van der Waals surface area (Å²) in [6.07, 6.45) is 0.994. The summed E-state index contributed by atoms with van der Waals surface area (Å²) in [7, 11) is 0. The van der Waals surface area contributed by atoms with Gasteiger partial charge >= 0.3 is 0 Å². The average molecular weight is 303 g/mol. The number of thiophene rings is 1. The van der Waals surface area contributed by atoms with E-state index in [1.165, 1.54) is 4.88 Å². The maximum absolute atomic E-state index is 9.45. The van der Waals surface area contributed by atoms with Crippen LogP contribution in [0.25, 0.3) is 0 Å². The highest BCUT2D eigenvalue weighted by molar-refractivity contribution is 7.09. The van der Waals surface area contributed by atoms with Crippen LogP contribution in [0.3, 0.4) is 0 Å². The van der Waals surface area contributed by atoms with Crippen LogP contribution >= 0.6 is 11.3 Å². The predicted octanol–water partition coefficient (Wildman–Crippen LogP) is 2.75. The number of aliphatic imine (C=N–C) groups is 1. The number of guanidine groups is 1.